The average Bonchev–Trinajstić information content (AvgIpc) is 2.20. The summed E-state index contributed by atoms with van der Waals surface area (Å²) in [7, 11) is 1.23. The van der Waals surface area contributed by atoms with Gasteiger partial charge in [0, 0.05) is 11.0 Å². The first-order valence-electron chi connectivity index (χ1n) is 3.98. The van der Waals surface area contributed by atoms with Crippen molar-refractivity contribution < 1.29 is 18.3 Å². The van der Waals surface area contributed by atoms with Gasteiger partial charge in [0.25, 0.3) is 0 Å². The number of carbonyl (C=O) groups is 1. The molecule has 0 aliphatic carbocycles. The highest BCUT2D eigenvalue weighted by Gasteiger charge is 2.10. The number of rotatable bonds is 3. The Labute approximate surface area is 89.6 Å². The molecule has 0 atom stereocenters. The van der Waals surface area contributed by atoms with E-state index in [2.05, 4.69) is 4.74 Å². The molecule has 0 heterocycles. The fourth-order valence-corrected chi connectivity index (χ4v) is 1.72. The summed E-state index contributed by atoms with van der Waals surface area (Å²) in [5.41, 5.74) is 5.20. The SMILES string of the molecule is COC(=O)CSc1cc(F)cc(F)c1N. The fourth-order valence-electron chi connectivity index (χ4n) is 0.876. The van der Waals surface area contributed by atoms with Crippen molar-refractivity contribution in [3.8, 4) is 0 Å². The van der Waals surface area contributed by atoms with Crippen LogP contribution < -0.4 is 5.73 Å². The molecular weight excluding hydrogens is 224 g/mol. The number of hydrogen-bond donors (Lipinski definition) is 1. The second kappa shape index (κ2) is 4.97. The van der Waals surface area contributed by atoms with Gasteiger partial charge in [-0.3, -0.25) is 4.79 Å². The minimum absolute atomic E-state index is 0.0381. The highest BCUT2D eigenvalue weighted by atomic mass is 32.2. The van der Waals surface area contributed by atoms with E-state index < -0.39 is 17.6 Å². The van der Waals surface area contributed by atoms with E-state index in [9.17, 15) is 13.6 Å². The van der Waals surface area contributed by atoms with Crippen LogP contribution in [-0.2, 0) is 9.53 Å². The number of thioether (sulfide) groups is 1. The molecular formula is C9H9F2NO2S. The Balaban J connectivity index is 2.81. The molecule has 0 aliphatic rings. The standard InChI is InChI=1S/C9H9F2NO2S/c1-14-8(13)4-15-7-3-5(10)2-6(11)9(7)12/h2-3H,4,12H2,1H3. The number of anilines is 1. The minimum atomic E-state index is -0.831. The lowest BCUT2D eigenvalue weighted by molar-refractivity contribution is -0.137. The molecule has 0 saturated heterocycles. The summed E-state index contributed by atoms with van der Waals surface area (Å²) < 4.78 is 30.1. The maximum atomic E-state index is 13.0. The predicted octanol–water partition coefficient (Wildman–Crippen LogP) is 1.81. The molecule has 82 valence electrons. The van der Waals surface area contributed by atoms with Gasteiger partial charge in [-0.25, -0.2) is 8.78 Å². The van der Waals surface area contributed by atoms with E-state index in [1.807, 2.05) is 0 Å². The predicted molar refractivity (Wildman–Crippen MR) is 53.5 cm³/mol. The van der Waals surface area contributed by atoms with Crippen LogP contribution in [0.3, 0.4) is 0 Å². The molecule has 0 aliphatic heterocycles. The lowest BCUT2D eigenvalue weighted by Crippen LogP contribution is -2.04. The summed E-state index contributed by atoms with van der Waals surface area (Å²) in [6.07, 6.45) is 0. The van der Waals surface area contributed by atoms with Crippen molar-refractivity contribution in [3.05, 3.63) is 23.8 Å². The molecule has 0 unspecified atom stereocenters. The third-order valence-electron chi connectivity index (χ3n) is 1.63. The number of nitrogens with two attached hydrogens (primary N) is 1. The Morgan fingerprint density at radius 3 is 2.80 bits per heavy atom. The number of methoxy groups -OCH3 is 1. The van der Waals surface area contributed by atoms with E-state index >= 15 is 0 Å². The van der Waals surface area contributed by atoms with E-state index in [1.54, 1.807) is 0 Å². The number of nitrogen functional groups attached to an aromatic ring is 1. The van der Waals surface area contributed by atoms with Crippen molar-refractivity contribution in [3.63, 3.8) is 0 Å². The third-order valence-corrected chi connectivity index (χ3v) is 2.66. The van der Waals surface area contributed by atoms with Gasteiger partial charge in [-0.15, -0.1) is 11.8 Å². The largest absolute Gasteiger partial charge is 0.468 e. The maximum absolute atomic E-state index is 13.0. The number of hydrogen-bond acceptors (Lipinski definition) is 4. The van der Waals surface area contributed by atoms with E-state index in [-0.39, 0.29) is 16.3 Å². The Kier molecular flexibility index (Phi) is 3.90. The molecule has 0 fully saturated rings. The van der Waals surface area contributed by atoms with Crippen molar-refractivity contribution in [2.45, 2.75) is 4.90 Å². The Bertz CT molecular complexity index is 385. The molecule has 0 aromatic heterocycles. The number of ether oxygens (including phenoxy) is 1. The summed E-state index contributed by atoms with van der Waals surface area (Å²) in [6.45, 7) is 0. The van der Waals surface area contributed by atoms with E-state index in [4.69, 9.17) is 5.73 Å². The van der Waals surface area contributed by atoms with Crippen molar-refractivity contribution in [2.75, 3.05) is 18.6 Å². The van der Waals surface area contributed by atoms with Crippen LogP contribution in [-0.4, -0.2) is 18.8 Å². The van der Waals surface area contributed by atoms with Crippen molar-refractivity contribution in [2.24, 2.45) is 0 Å². The van der Waals surface area contributed by atoms with Gasteiger partial charge in [-0.2, -0.15) is 0 Å². The van der Waals surface area contributed by atoms with E-state index in [0.717, 1.165) is 17.8 Å². The topological polar surface area (TPSA) is 52.3 Å². The van der Waals surface area contributed by atoms with Crippen LogP contribution in [0.4, 0.5) is 14.5 Å². The molecule has 0 spiro atoms. The molecule has 0 radical (unpaired) electrons. The Morgan fingerprint density at radius 2 is 2.20 bits per heavy atom. The van der Waals surface area contributed by atoms with Gasteiger partial charge < -0.3 is 10.5 Å². The number of halogens is 2. The van der Waals surface area contributed by atoms with Gasteiger partial charge in [0.05, 0.1) is 18.6 Å². The summed E-state index contributed by atoms with van der Waals surface area (Å²) in [5, 5.41) is 0. The molecule has 0 amide bonds. The second-order valence-electron chi connectivity index (χ2n) is 2.66. The first kappa shape index (κ1) is 11.8. The molecule has 1 rings (SSSR count). The molecule has 2 N–H and O–H groups in total. The summed E-state index contributed by atoms with van der Waals surface area (Å²) in [6, 6.07) is 1.77. The van der Waals surface area contributed by atoms with Crippen LogP contribution in [0.5, 0.6) is 0 Å². The van der Waals surface area contributed by atoms with Gasteiger partial charge in [-0.05, 0) is 6.07 Å². The van der Waals surface area contributed by atoms with Crippen LogP contribution in [0.15, 0.2) is 17.0 Å². The molecule has 6 heteroatoms. The third kappa shape index (κ3) is 3.09. The maximum Gasteiger partial charge on any atom is 0.315 e. The first-order chi connectivity index (χ1) is 7.04. The second-order valence-corrected chi connectivity index (χ2v) is 3.68. The normalized spacial score (nSPS) is 10.1. The van der Waals surface area contributed by atoms with Crippen molar-refractivity contribution in [1.29, 1.82) is 0 Å². The van der Waals surface area contributed by atoms with Gasteiger partial charge in [0.15, 0.2) is 0 Å². The highest BCUT2D eigenvalue weighted by molar-refractivity contribution is 8.00. The number of benzene rings is 1. The van der Waals surface area contributed by atoms with Crippen molar-refractivity contribution in [1.82, 2.24) is 0 Å². The summed E-state index contributed by atoms with van der Waals surface area (Å²) in [5.74, 6) is -2.08. The highest BCUT2D eigenvalue weighted by Crippen LogP contribution is 2.28. The molecule has 0 bridgehead atoms. The van der Waals surface area contributed by atoms with Gasteiger partial charge in [0.2, 0.25) is 0 Å². The molecule has 15 heavy (non-hydrogen) atoms. The van der Waals surface area contributed by atoms with E-state index in [0.29, 0.717) is 6.07 Å². The van der Waals surface area contributed by atoms with Gasteiger partial charge in [-0.1, -0.05) is 0 Å². The smallest absolute Gasteiger partial charge is 0.315 e. The zero-order chi connectivity index (χ0) is 11.4. The lowest BCUT2D eigenvalue weighted by atomic mass is 10.3. The van der Waals surface area contributed by atoms with Crippen LogP contribution >= 0.6 is 11.8 Å². The molecule has 0 saturated carbocycles. The Hall–Kier alpha value is -1.30. The quantitative estimate of drug-likeness (QED) is 0.491. The number of carbonyl (C=O) groups excluding carboxylic acids is 1. The minimum Gasteiger partial charge on any atom is -0.468 e. The summed E-state index contributed by atoms with van der Waals surface area (Å²) in [4.78, 5) is 11.0. The summed E-state index contributed by atoms with van der Waals surface area (Å²) >= 11 is 0.929. The fraction of sp³-hybridized carbons (Fsp3) is 0.222. The monoisotopic (exact) mass is 233 g/mol. The molecule has 1 aromatic rings. The average molecular weight is 233 g/mol. The lowest BCUT2D eigenvalue weighted by Gasteiger charge is -2.05. The van der Waals surface area contributed by atoms with Crippen molar-refractivity contribution >= 4 is 23.4 Å². The van der Waals surface area contributed by atoms with Gasteiger partial charge >= 0.3 is 5.97 Å². The molecule has 3 nitrogen and oxygen atoms in total. The van der Waals surface area contributed by atoms with E-state index in [1.165, 1.54) is 7.11 Å². The van der Waals surface area contributed by atoms with Crippen LogP contribution in [0.1, 0.15) is 0 Å². The van der Waals surface area contributed by atoms with Gasteiger partial charge in [0.1, 0.15) is 11.6 Å². The zero-order valence-corrected chi connectivity index (χ0v) is 8.74. The Morgan fingerprint density at radius 1 is 1.53 bits per heavy atom. The first-order valence-corrected chi connectivity index (χ1v) is 4.97. The van der Waals surface area contributed by atoms with Crippen LogP contribution in [0.2, 0.25) is 0 Å². The van der Waals surface area contributed by atoms with Crippen LogP contribution in [0, 0.1) is 11.6 Å². The number of esters is 1. The zero-order valence-electron chi connectivity index (χ0n) is 7.92. The van der Waals surface area contributed by atoms with Crippen LogP contribution in [0.25, 0.3) is 0 Å². The molecule has 1 aromatic carbocycles.